The number of benzene rings is 1. The quantitative estimate of drug-likeness (QED) is 0.835. The number of hydrogen-bond acceptors (Lipinski definition) is 2. The highest BCUT2D eigenvalue weighted by atomic mass is 35.5. The summed E-state index contributed by atoms with van der Waals surface area (Å²) in [7, 11) is 3.61. The number of rotatable bonds is 5. The van der Waals surface area contributed by atoms with Gasteiger partial charge < -0.3 is 10.1 Å². The standard InChI is InChI=1S/C12H18ClNO/c1-4-9(8-14-2)11-6-5-10(15-3)7-12(11)13/h5-7,9,14H,4,8H2,1-3H3. The maximum absolute atomic E-state index is 6.21. The van der Waals surface area contributed by atoms with E-state index >= 15 is 0 Å². The highest BCUT2D eigenvalue weighted by molar-refractivity contribution is 6.31. The van der Waals surface area contributed by atoms with E-state index in [1.165, 1.54) is 5.56 Å². The smallest absolute Gasteiger partial charge is 0.120 e. The molecule has 0 radical (unpaired) electrons. The van der Waals surface area contributed by atoms with Crippen LogP contribution in [0, 0.1) is 0 Å². The van der Waals surface area contributed by atoms with Gasteiger partial charge in [0.05, 0.1) is 7.11 Å². The Balaban J connectivity index is 2.92. The van der Waals surface area contributed by atoms with Gasteiger partial charge in [-0.3, -0.25) is 0 Å². The molecular weight excluding hydrogens is 210 g/mol. The zero-order valence-electron chi connectivity index (χ0n) is 9.51. The van der Waals surface area contributed by atoms with Crippen molar-refractivity contribution in [3.63, 3.8) is 0 Å². The van der Waals surface area contributed by atoms with E-state index in [-0.39, 0.29) is 0 Å². The minimum atomic E-state index is 0.466. The third-order valence-electron chi connectivity index (χ3n) is 2.59. The fourth-order valence-corrected chi connectivity index (χ4v) is 2.01. The van der Waals surface area contributed by atoms with Crippen LogP contribution in [-0.2, 0) is 0 Å². The Morgan fingerprint density at radius 2 is 2.20 bits per heavy atom. The van der Waals surface area contributed by atoms with Crippen molar-refractivity contribution in [1.82, 2.24) is 5.32 Å². The van der Waals surface area contributed by atoms with Crippen LogP contribution in [0.5, 0.6) is 5.75 Å². The van der Waals surface area contributed by atoms with Crippen LogP contribution in [-0.4, -0.2) is 20.7 Å². The first-order valence-corrected chi connectivity index (χ1v) is 5.58. The first-order valence-electron chi connectivity index (χ1n) is 5.21. The van der Waals surface area contributed by atoms with Crippen molar-refractivity contribution in [3.8, 4) is 5.75 Å². The molecule has 1 N–H and O–H groups in total. The molecule has 0 saturated heterocycles. The molecular formula is C12H18ClNO. The molecule has 0 amide bonds. The van der Waals surface area contributed by atoms with Crippen LogP contribution in [0.1, 0.15) is 24.8 Å². The van der Waals surface area contributed by atoms with E-state index in [4.69, 9.17) is 16.3 Å². The Morgan fingerprint density at radius 3 is 2.67 bits per heavy atom. The van der Waals surface area contributed by atoms with Crippen LogP contribution in [0.4, 0.5) is 0 Å². The van der Waals surface area contributed by atoms with Crippen molar-refractivity contribution in [3.05, 3.63) is 28.8 Å². The molecule has 3 heteroatoms. The molecule has 1 rings (SSSR count). The monoisotopic (exact) mass is 227 g/mol. The van der Waals surface area contributed by atoms with Crippen LogP contribution >= 0.6 is 11.6 Å². The van der Waals surface area contributed by atoms with Gasteiger partial charge >= 0.3 is 0 Å². The Morgan fingerprint density at radius 1 is 1.47 bits per heavy atom. The summed E-state index contributed by atoms with van der Waals surface area (Å²) in [5.74, 6) is 1.27. The Kier molecular flexibility index (Phi) is 4.92. The summed E-state index contributed by atoms with van der Waals surface area (Å²) in [6.07, 6.45) is 1.08. The summed E-state index contributed by atoms with van der Waals surface area (Å²) >= 11 is 6.21. The van der Waals surface area contributed by atoms with Gasteiger partial charge in [-0.1, -0.05) is 24.6 Å². The van der Waals surface area contributed by atoms with Crippen molar-refractivity contribution < 1.29 is 4.74 Å². The van der Waals surface area contributed by atoms with Gasteiger partial charge in [-0.2, -0.15) is 0 Å². The first-order chi connectivity index (χ1) is 7.22. The molecule has 0 heterocycles. The van der Waals surface area contributed by atoms with E-state index in [1.54, 1.807) is 7.11 Å². The van der Waals surface area contributed by atoms with Gasteiger partial charge in [0.2, 0.25) is 0 Å². The first kappa shape index (κ1) is 12.3. The number of likely N-dealkylation sites (N-methyl/N-ethyl adjacent to an activating group) is 1. The Hall–Kier alpha value is -0.730. The van der Waals surface area contributed by atoms with Gasteiger partial charge in [0.25, 0.3) is 0 Å². The molecule has 0 aromatic heterocycles. The third kappa shape index (κ3) is 3.11. The van der Waals surface area contributed by atoms with E-state index in [9.17, 15) is 0 Å². The van der Waals surface area contributed by atoms with Gasteiger partial charge in [-0.25, -0.2) is 0 Å². The van der Waals surface area contributed by atoms with Gasteiger partial charge in [0.1, 0.15) is 5.75 Å². The molecule has 2 nitrogen and oxygen atoms in total. The lowest BCUT2D eigenvalue weighted by Crippen LogP contribution is -2.16. The molecule has 0 bridgehead atoms. The fourth-order valence-electron chi connectivity index (χ4n) is 1.69. The summed E-state index contributed by atoms with van der Waals surface area (Å²) in [5.41, 5.74) is 1.19. The average Bonchev–Trinajstić information content (AvgIpc) is 2.26. The second kappa shape index (κ2) is 5.99. The maximum atomic E-state index is 6.21. The molecule has 0 saturated carbocycles. The zero-order valence-corrected chi connectivity index (χ0v) is 10.3. The summed E-state index contributed by atoms with van der Waals surface area (Å²) in [6.45, 7) is 3.12. The molecule has 1 atom stereocenters. The van der Waals surface area contributed by atoms with E-state index < -0.39 is 0 Å². The number of methoxy groups -OCH3 is 1. The lowest BCUT2D eigenvalue weighted by molar-refractivity contribution is 0.414. The van der Waals surface area contributed by atoms with Crippen molar-refractivity contribution in [2.24, 2.45) is 0 Å². The molecule has 0 fully saturated rings. The van der Waals surface area contributed by atoms with Gasteiger partial charge in [0, 0.05) is 11.6 Å². The number of halogens is 1. The predicted octanol–water partition coefficient (Wildman–Crippen LogP) is 3.06. The van der Waals surface area contributed by atoms with E-state index in [1.807, 2.05) is 25.2 Å². The summed E-state index contributed by atoms with van der Waals surface area (Å²) in [4.78, 5) is 0. The Labute approximate surface area is 96.6 Å². The molecule has 84 valence electrons. The fraction of sp³-hybridized carbons (Fsp3) is 0.500. The predicted molar refractivity (Wildman–Crippen MR) is 65.0 cm³/mol. The molecule has 0 spiro atoms. The second-order valence-corrected chi connectivity index (χ2v) is 3.96. The van der Waals surface area contributed by atoms with Crippen LogP contribution < -0.4 is 10.1 Å². The molecule has 0 aliphatic rings. The summed E-state index contributed by atoms with van der Waals surface area (Å²) in [5, 5.41) is 3.97. The molecule has 1 aromatic rings. The van der Waals surface area contributed by atoms with Crippen LogP contribution in [0.3, 0.4) is 0 Å². The van der Waals surface area contributed by atoms with Crippen LogP contribution in [0.15, 0.2) is 18.2 Å². The summed E-state index contributed by atoms with van der Waals surface area (Å²) < 4.78 is 5.12. The lowest BCUT2D eigenvalue weighted by Gasteiger charge is -2.16. The summed E-state index contributed by atoms with van der Waals surface area (Å²) in [6, 6.07) is 5.88. The highest BCUT2D eigenvalue weighted by Crippen LogP contribution is 2.29. The largest absolute Gasteiger partial charge is 0.497 e. The van der Waals surface area contributed by atoms with Crippen molar-refractivity contribution in [2.75, 3.05) is 20.7 Å². The third-order valence-corrected chi connectivity index (χ3v) is 2.92. The number of hydrogen-bond donors (Lipinski definition) is 1. The molecule has 1 aromatic carbocycles. The number of nitrogens with one attached hydrogen (secondary N) is 1. The second-order valence-electron chi connectivity index (χ2n) is 3.55. The SMILES string of the molecule is CCC(CNC)c1ccc(OC)cc1Cl. The lowest BCUT2D eigenvalue weighted by atomic mass is 9.96. The van der Waals surface area contributed by atoms with Gasteiger partial charge in [0.15, 0.2) is 0 Å². The van der Waals surface area contributed by atoms with E-state index in [0.717, 1.165) is 23.7 Å². The highest BCUT2D eigenvalue weighted by Gasteiger charge is 2.12. The van der Waals surface area contributed by atoms with Crippen molar-refractivity contribution in [2.45, 2.75) is 19.3 Å². The average molecular weight is 228 g/mol. The van der Waals surface area contributed by atoms with Crippen molar-refractivity contribution >= 4 is 11.6 Å². The molecule has 0 aliphatic heterocycles. The van der Waals surface area contributed by atoms with Gasteiger partial charge in [-0.05, 0) is 37.1 Å². The van der Waals surface area contributed by atoms with Crippen LogP contribution in [0.25, 0.3) is 0 Å². The molecule has 1 unspecified atom stereocenters. The van der Waals surface area contributed by atoms with Crippen LogP contribution in [0.2, 0.25) is 5.02 Å². The molecule has 0 aliphatic carbocycles. The van der Waals surface area contributed by atoms with Gasteiger partial charge in [-0.15, -0.1) is 0 Å². The molecule has 15 heavy (non-hydrogen) atoms. The van der Waals surface area contributed by atoms with E-state index in [2.05, 4.69) is 12.2 Å². The van der Waals surface area contributed by atoms with E-state index in [0.29, 0.717) is 5.92 Å². The maximum Gasteiger partial charge on any atom is 0.120 e. The minimum Gasteiger partial charge on any atom is -0.497 e. The topological polar surface area (TPSA) is 21.3 Å². The van der Waals surface area contributed by atoms with Crippen molar-refractivity contribution in [1.29, 1.82) is 0 Å². The number of ether oxygens (including phenoxy) is 1. The Bertz CT molecular complexity index is 314. The zero-order chi connectivity index (χ0) is 11.3. The normalized spacial score (nSPS) is 12.5. The minimum absolute atomic E-state index is 0.466.